The lowest BCUT2D eigenvalue weighted by Crippen LogP contribution is -2.18. The van der Waals surface area contributed by atoms with Gasteiger partial charge in [-0.3, -0.25) is 4.57 Å². The standard InChI is InChI=1S/C11H13BrN4O2S/c1-3-16-10(14-15-11(16)19(13,17)18)8-5-4-6-9(12)7(8)2/h4-6H,3H2,1-2H3,(H2,13,17,18). The Hall–Kier alpha value is -1.25. The lowest BCUT2D eigenvalue weighted by atomic mass is 10.1. The Morgan fingerprint density at radius 2 is 2.05 bits per heavy atom. The molecular formula is C11H13BrN4O2S. The SMILES string of the molecule is CCn1c(-c2cccc(Br)c2C)nnc1S(N)(=O)=O. The van der Waals surface area contributed by atoms with Gasteiger partial charge in [-0.05, 0) is 25.5 Å². The minimum Gasteiger partial charge on any atom is -0.297 e. The average molecular weight is 345 g/mol. The molecule has 0 aliphatic heterocycles. The number of nitrogens with two attached hydrogens (primary N) is 1. The quantitative estimate of drug-likeness (QED) is 0.916. The molecule has 0 unspecified atom stereocenters. The molecule has 2 N–H and O–H groups in total. The van der Waals surface area contributed by atoms with Crippen molar-refractivity contribution in [3.63, 3.8) is 0 Å². The molecule has 2 rings (SSSR count). The summed E-state index contributed by atoms with van der Waals surface area (Å²) in [6.07, 6.45) is 0. The number of sulfonamides is 1. The summed E-state index contributed by atoms with van der Waals surface area (Å²) in [7, 11) is -3.88. The molecule has 0 spiro atoms. The number of rotatable bonds is 3. The Bertz CT molecular complexity index is 724. The molecule has 0 amide bonds. The summed E-state index contributed by atoms with van der Waals surface area (Å²) in [5.74, 6) is 0.491. The number of hydrogen-bond donors (Lipinski definition) is 1. The number of primary sulfonamides is 1. The second kappa shape index (κ2) is 5.03. The van der Waals surface area contributed by atoms with Crippen molar-refractivity contribution >= 4 is 26.0 Å². The Kier molecular flexibility index (Phi) is 3.75. The second-order valence-corrected chi connectivity index (χ2v) is 6.32. The fraction of sp³-hybridized carbons (Fsp3) is 0.273. The van der Waals surface area contributed by atoms with E-state index in [0.717, 1.165) is 15.6 Å². The molecule has 0 fully saturated rings. The van der Waals surface area contributed by atoms with Gasteiger partial charge in [-0.1, -0.05) is 28.1 Å². The van der Waals surface area contributed by atoms with Crippen molar-refractivity contribution in [3.8, 4) is 11.4 Å². The summed E-state index contributed by atoms with van der Waals surface area (Å²) in [4.78, 5) is 0. The molecule has 2 aromatic rings. The Balaban J connectivity index is 2.71. The summed E-state index contributed by atoms with van der Waals surface area (Å²) in [6.45, 7) is 4.15. The van der Waals surface area contributed by atoms with Crippen molar-refractivity contribution < 1.29 is 8.42 Å². The van der Waals surface area contributed by atoms with Gasteiger partial charge in [-0.2, -0.15) is 0 Å². The van der Waals surface area contributed by atoms with E-state index in [1.54, 1.807) is 0 Å². The van der Waals surface area contributed by atoms with Gasteiger partial charge in [0.1, 0.15) is 0 Å². The lowest BCUT2D eigenvalue weighted by Gasteiger charge is -2.09. The van der Waals surface area contributed by atoms with Crippen LogP contribution < -0.4 is 5.14 Å². The Morgan fingerprint density at radius 1 is 1.37 bits per heavy atom. The van der Waals surface area contributed by atoms with Crippen LogP contribution in [0.1, 0.15) is 12.5 Å². The summed E-state index contributed by atoms with van der Waals surface area (Å²) in [5, 5.41) is 12.6. The topological polar surface area (TPSA) is 90.9 Å². The van der Waals surface area contributed by atoms with Crippen molar-refractivity contribution in [1.29, 1.82) is 0 Å². The van der Waals surface area contributed by atoms with Gasteiger partial charge in [-0.15, -0.1) is 10.2 Å². The maximum absolute atomic E-state index is 11.5. The van der Waals surface area contributed by atoms with E-state index in [2.05, 4.69) is 26.1 Å². The van der Waals surface area contributed by atoms with E-state index in [-0.39, 0.29) is 5.16 Å². The first-order valence-electron chi connectivity index (χ1n) is 5.57. The molecule has 0 radical (unpaired) electrons. The zero-order valence-corrected chi connectivity index (χ0v) is 12.9. The molecule has 1 heterocycles. The van der Waals surface area contributed by atoms with E-state index in [1.807, 2.05) is 32.0 Å². The monoisotopic (exact) mass is 344 g/mol. The van der Waals surface area contributed by atoms with Crippen molar-refractivity contribution in [1.82, 2.24) is 14.8 Å². The van der Waals surface area contributed by atoms with Crippen molar-refractivity contribution in [2.45, 2.75) is 25.5 Å². The summed E-state index contributed by atoms with van der Waals surface area (Å²) in [6, 6.07) is 5.63. The van der Waals surface area contributed by atoms with E-state index in [9.17, 15) is 8.42 Å². The van der Waals surface area contributed by atoms with Crippen LogP contribution in [0.25, 0.3) is 11.4 Å². The number of hydrogen-bond acceptors (Lipinski definition) is 4. The van der Waals surface area contributed by atoms with Crippen molar-refractivity contribution in [2.75, 3.05) is 0 Å². The third kappa shape index (κ3) is 2.56. The molecule has 0 aliphatic carbocycles. The molecule has 0 atom stereocenters. The minimum atomic E-state index is -3.88. The number of halogens is 1. The second-order valence-electron chi connectivity index (χ2n) is 4.01. The number of aromatic nitrogens is 3. The summed E-state index contributed by atoms with van der Waals surface area (Å²) in [5.41, 5.74) is 1.78. The third-order valence-corrected chi connectivity index (χ3v) is 4.47. The highest BCUT2D eigenvalue weighted by molar-refractivity contribution is 9.10. The normalized spacial score (nSPS) is 11.8. The summed E-state index contributed by atoms with van der Waals surface area (Å²) < 4.78 is 25.3. The molecule has 0 aliphatic rings. The predicted octanol–water partition coefficient (Wildman–Crippen LogP) is 1.68. The van der Waals surface area contributed by atoms with E-state index < -0.39 is 10.0 Å². The fourth-order valence-corrected chi connectivity index (χ4v) is 2.88. The Labute approximate surface area is 119 Å². The molecule has 0 saturated carbocycles. The Morgan fingerprint density at radius 3 is 2.63 bits per heavy atom. The summed E-state index contributed by atoms with van der Waals surface area (Å²) >= 11 is 3.44. The third-order valence-electron chi connectivity index (χ3n) is 2.80. The highest BCUT2D eigenvalue weighted by Crippen LogP contribution is 2.28. The van der Waals surface area contributed by atoms with Crippen LogP contribution in [-0.2, 0) is 16.6 Å². The van der Waals surface area contributed by atoms with E-state index >= 15 is 0 Å². The van der Waals surface area contributed by atoms with Crippen LogP contribution in [0.2, 0.25) is 0 Å². The largest absolute Gasteiger partial charge is 0.297 e. The van der Waals surface area contributed by atoms with Gasteiger partial charge in [0.05, 0.1) is 0 Å². The van der Waals surface area contributed by atoms with Gasteiger partial charge in [-0.25, -0.2) is 13.6 Å². The van der Waals surface area contributed by atoms with Crippen LogP contribution >= 0.6 is 15.9 Å². The van der Waals surface area contributed by atoms with E-state index in [0.29, 0.717) is 12.4 Å². The molecule has 1 aromatic heterocycles. The van der Waals surface area contributed by atoms with Gasteiger partial charge < -0.3 is 0 Å². The lowest BCUT2D eigenvalue weighted by molar-refractivity contribution is 0.571. The van der Waals surface area contributed by atoms with E-state index in [1.165, 1.54) is 4.57 Å². The molecule has 1 aromatic carbocycles. The number of nitrogens with zero attached hydrogens (tertiary/aromatic N) is 3. The zero-order valence-electron chi connectivity index (χ0n) is 10.5. The first-order chi connectivity index (χ1) is 8.86. The first-order valence-corrected chi connectivity index (χ1v) is 7.91. The predicted molar refractivity (Wildman–Crippen MR) is 74.9 cm³/mol. The van der Waals surface area contributed by atoms with E-state index in [4.69, 9.17) is 5.14 Å². The van der Waals surface area contributed by atoms with Crippen molar-refractivity contribution in [3.05, 3.63) is 28.2 Å². The van der Waals surface area contributed by atoms with Gasteiger partial charge in [0.2, 0.25) is 0 Å². The van der Waals surface area contributed by atoms with Gasteiger partial charge in [0, 0.05) is 16.6 Å². The maximum atomic E-state index is 11.5. The van der Waals surface area contributed by atoms with Crippen molar-refractivity contribution in [2.24, 2.45) is 5.14 Å². The van der Waals surface area contributed by atoms with Crippen LogP contribution in [0.4, 0.5) is 0 Å². The van der Waals surface area contributed by atoms with Gasteiger partial charge >= 0.3 is 0 Å². The molecule has 8 heteroatoms. The molecule has 19 heavy (non-hydrogen) atoms. The van der Waals surface area contributed by atoms with Gasteiger partial charge in [0.15, 0.2) is 5.82 Å². The average Bonchev–Trinajstić information content (AvgIpc) is 2.76. The molecular weight excluding hydrogens is 332 g/mol. The highest BCUT2D eigenvalue weighted by Gasteiger charge is 2.22. The smallest absolute Gasteiger partial charge is 0.273 e. The van der Waals surface area contributed by atoms with Crippen LogP contribution in [0.3, 0.4) is 0 Å². The molecule has 0 bridgehead atoms. The number of benzene rings is 1. The van der Waals surface area contributed by atoms with Crippen LogP contribution in [0.5, 0.6) is 0 Å². The molecule has 6 nitrogen and oxygen atoms in total. The minimum absolute atomic E-state index is 0.218. The fourth-order valence-electron chi connectivity index (χ4n) is 1.83. The van der Waals surface area contributed by atoms with Crippen LogP contribution in [0.15, 0.2) is 27.8 Å². The van der Waals surface area contributed by atoms with Gasteiger partial charge in [0.25, 0.3) is 15.2 Å². The molecule has 0 saturated heterocycles. The maximum Gasteiger partial charge on any atom is 0.273 e. The first kappa shape index (κ1) is 14.2. The van der Waals surface area contributed by atoms with Crippen LogP contribution in [0, 0.1) is 6.92 Å². The highest BCUT2D eigenvalue weighted by atomic mass is 79.9. The zero-order chi connectivity index (χ0) is 14.2. The van der Waals surface area contributed by atoms with Crippen LogP contribution in [-0.4, -0.2) is 23.2 Å². The molecule has 102 valence electrons.